The molecule has 0 saturated heterocycles. The Kier molecular flexibility index (Phi) is 4.71. The molecule has 1 amide bonds. The second-order valence-electron chi connectivity index (χ2n) is 5.73. The van der Waals surface area contributed by atoms with Gasteiger partial charge in [0.15, 0.2) is 5.13 Å². The average molecular weight is 330 g/mol. The van der Waals surface area contributed by atoms with Gasteiger partial charge in [-0.3, -0.25) is 9.59 Å². The summed E-state index contributed by atoms with van der Waals surface area (Å²) < 4.78 is 0. The van der Waals surface area contributed by atoms with Crippen LogP contribution in [0.2, 0.25) is 0 Å². The second kappa shape index (κ2) is 6.91. The van der Waals surface area contributed by atoms with Crippen LogP contribution < -0.4 is 5.32 Å². The van der Waals surface area contributed by atoms with Gasteiger partial charge in [0.2, 0.25) is 5.91 Å². The van der Waals surface area contributed by atoms with E-state index >= 15 is 0 Å². The summed E-state index contributed by atoms with van der Waals surface area (Å²) in [5.74, 6) is -2.16. The number of anilines is 1. The highest BCUT2D eigenvalue weighted by molar-refractivity contribution is 7.14. The number of rotatable bonds is 4. The summed E-state index contributed by atoms with van der Waals surface area (Å²) in [6, 6.07) is 9.73. The zero-order valence-corrected chi connectivity index (χ0v) is 13.4. The van der Waals surface area contributed by atoms with E-state index in [9.17, 15) is 14.7 Å². The van der Waals surface area contributed by atoms with E-state index in [1.54, 1.807) is 0 Å². The van der Waals surface area contributed by atoms with Crippen LogP contribution in [0.4, 0.5) is 5.13 Å². The first kappa shape index (κ1) is 15.7. The van der Waals surface area contributed by atoms with Crippen molar-refractivity contribution in [3.05, 3.63) is 35.7 Å². The summed E-state index contributed by atoms with van der Waals surface area (Å²) in [7, 11) is 0. The molecule has 1 aromatic carbocycles. The minimum absolute atomic E-state index is 0.230. The molecule has 2 aromatic rings. The SMILES string of the molecule is O=C(O)[C@H]1CCCC[C@H]1C(=O)Nc1nc(-c2ccccc2)cs1. The summed E-state index contributed by atoms with van der Waals surface area (Å²) in [5.41, 5.74) is 1.80. The molecule has 0 aliphatic heterocycles. The maximum Gasteiger partial charge on any atom is 0.307 e. The Bertz CT molecular complexity index is 699. The van der Waals surface area contributed by atoms with Crippen molar-refractivity contribution in [2.24, 2.45) is 11.8 Å². The molecular formula is C17H18N2O3S. The van der Waals surface area contributed by atoms with Crippen molar-refractivity contribution < 1.29 is 14.7 Å². The summed E-state index contributed by atoms with van der Waals surface area (Å²) in [6.07, 6.45) is 2.96. The van der Waals surface area contributed by atoms with Gasteiger partial charge in [-0.1, -0.05) is 43.2 Å². The van der Waals surface area contributed by atoms with Gasteiger partial charge in [0, 0.05) is 10.9 Å². The van der Waals surface area contributed by atoms with Crippen LogP contribution in [-0.4, -0.2) is 22.0 Å². The summed E-state index contributed by atoms with van der Waals surface area (Å²) in [5, 5.41) is 14.5. The van der Waals surface area contributed by atoms with Gasteiger partial charge < -0.3 is 10.4 Å². The van der Waals surface area contributed by atoms with E-state index in [2.05, 4.69) is 10.3 Å². The fraction of sp³-hybridized carbons (Fsp3) is 0.353. The predicted molar refractivity (Wildman–Crippen MR) is 89.3 cm³/mol. The molecule has 1 heterocycles. The van der Waals surface area contributed by atoms with Gasteiger partial charge in [0.1, 0.15) is 0 Å². The van der Waals surface area contributed by atoms with Crippen molar-refractivity contribution in [1.82, 2.24) is 4.98 Å². The number of carboxylic acids is 1. The standard InChI is InChI=1S/C17H18N2O3S/c20-15(12-8-4-5-9-13(12)16(21)22)19-17-18-14(10-23-17)11-6-2-1-3-7-11/h1-3,6-7,10,12-13H,4-5,8-9H2,(H,21,22)(H,18,19,20)/t12-,13+/m1/s1. The van der Waals surface area contributed by atoms with Crippen LogP contribution in [0.3, 0.4) is 0 Å². The third-order valence-electron chi connectivity index (χ3n) is 4.22. The molecule has 5 nitrogen and oxygen atoms in total. The van der Waals surface area contributed by atoms with Crippen LogP contribution >= 0.6 is 11.3 Å². The maximum atomic E-state index is 12.4. The first-order valence-corrected chi connectivity index (χ1v) is 8.58. The van der Waals surface area contributed by atoms with Crippen molar-refractivity contribution >= 4 is 28.3 Å². The molecule has 0 unspecified atom stereocenters. The number of amides is 1. The van der Waals surface area contributed by atoms with Crippen molar-refractivity contribution in [1.29, 1.82) is 0 Å². The molecule has 1 fully saturated rings. The number of thiazole rings is 1. The number of carboxylic acid groups (broad SMARTS) is 1. The normalized spacial score (nSPS) is 20.9. The molecule has 2 atom stereocenters. The highest BCUT2D eigenvalue weighted by Crippen LogP contribution is 2.32. The zero-order chi connectivity index (χ0) is 16.2. The fourth-order valence-electron chi connectivity index (χ4n) is 3.01. The van der Waals surface area contributed by atoms with Crippen molar-refractivity contribution in [3.8, 4) is 11.3 Å². The zero-order valence-electron chi connectivity index (χ0n) is 12.6. The molecule has 0 radical (unpaired) electrons. The number of carbonyl (C=O) groups is 2. The van der Waals surface area contributed by atoms with Gasteiger partial charge in [-0.15, -0.1) is 11.3 Å². The van der Waals surface area contributed by atoms with Gasteiger partial charge in [-0.05, 0) is 12.8 Å². The Morgan fingerprint density at radius 2 is 1.83 bits per heavy atom. The lowest BCUT2D eigenvalue weighted by Gasteiger charge is -2.26. The summed E-state index contributed by atoms with van der Waals surface area (Å²) >= 11 is 1.36. The molecule has 1 aliphatic carbocycles. The van der Waals surface area contributed by atoms with E-state index in [1.165, 1.54) is 11.3 Å². The number of nitrogens with zero attached hydrogens (tertiary/aromatic N) is 1. The predicted octanol–water partition coefficient (Wildman–Crippen LogP) is 3.64. The molecule has 23 heavy (non-hydrogen) atoms. The first-order chi connectivity index (χ1) is 11.1. The molecule has 1 saturated carbocycles. The Balaban J connectivity index is 1.70. The number of hydrogen-bond donors (Lipinski definition) is 2. The van der Waals surface area contributed by atoms with Gasteiger partial charge >= 0.3 is 5.97 Å². The van der Waals surface area contributed by atoms with Gasteiger partial charge in [0.05, 0.1) is 17.5 Å². The fourth-order valence-corrected chi connectivity index (χ4v) is 3.73. The molecule has 3 rings (SSSR count). The highest BCUT2D eigenvalue weighted by atomic mass is 32.1. The van der Waals surface area contributed by atoms with E-state index in [1.807, 2.05) is 35.7 Å². The Labute approximate surface area is 138 Å². The van der Waals surface area contributed by atoms with Gasteiger partial charge in [-0.25, -0.2) is 4.98 Å². The molecule has 0 spiro atoms. The number of aliphatic carboxylic acids is 1. The van der Waals surface area contributed by atoms with Crippen LogP contribution in [-0.2, 0) is 9.59 Å². The lowest BCUT2D eigenvalue weighted by Crippen LogP contribution is -2.36. The molecule has 120 valence electrons. The van der Waals surface area contributed by atoms with Crippen molar-refractivity contribution in [3.63, 3.8) is 0 Å². The molecule has 1 aliphatic rings. The number of nitrogens with one attached hydrogen (secondary N) is 1. The van der Waals surface area contributed by atoms with E-state index in [0.717, 1.165) is 24.1 Å². The number of benzene rings is 1. The Hall–Kier alpha value is -2.21. The third-order valence-corrected chi connectivity index (χ3v) is 4.98. The summed E-state index contributed by atoms with van der Waals surface area (Å²) in [4.78, 5) is 28.2. The topological polar surface area (TPSA) is 79.3 Å². The van der Waals surface area contributed by atoms with E-state index in [0.29, 0.717) is 18.0 Å². The Morgan fingerprint density at radius 1 is 1.13 bits per heavy atom. The molecule has 2 N–H and O–H groups in total. The lowest BCUT2D eigenvalue weighted by molar-refractivity contribution is -0.147. The first-order valence-electron chi connectivity index (χ1n) is 7.70. The minimum atomic E-state index is -0.881. The quantitative estimate of drug-likeness (QED) is 0.897. The van der Waals surface area contributed by atoms with Gasteiger partial charge in [-0.2, -0.15) is 0 Å². The minimum Gasteiger partial charge on any atom is -0.481 e. The van der Waals surface area contributed by atoms with E-state index in [-0.39, 0.29) is 5.91 Å². The largest absolute Gasteiger partial charge is 0.481 e. The monoisotopic (exact) mass is 330 g/mol. The molecule has 0 bridgehead atoms. The number of carbonyl (C=O) groups excluding carboxylic acids is 1. The maximum absolute atomic E-state index is 12.4. The molecule has 6 heteroatoms. The smallest absolute Gasteiger partial charge is 0.307 e. The number of hydrogen-bond acceptors (Lipinski definition) is 4. The van der Waals surface area contributed by atoms with Crippen LogP contribution in [0.1, 0.15) is 25.7 Å². The number of aromatic nitrogens is 1. The third kappa shape index (κ3) is 3.59. The summed E-state index contributed by atoms with van der Waals surface area (Å²) in [6.45, 7) is 0. The van der Waals surface area contributed by atoms with Crippen molar-refractivity contribution in [2.75, 3.05) is 5.32 Å². The average Bonchev–Trinajstić information content (AvgIpc) is 3.04. The lowest BCUT2D eigenvalue weighted by atomic mass is 9.79. The van der Waals surface area contributed by atoms with E-state index < -0.39 is 17.8 Å². The highest BCUT2D eigenvalue weighted by Gasteiger charge is 2.35. The molecule has 1 aromatic heterocycles. The Morgan fingerprint density at radius 3 is 2.52 bits per heavy atom. The van der Waals surface area contributed by atoms with Crippen LogP contribution in [0, 0.1) is 11.8 Å². The van der Waals surface area contributed by atoms with Crippen LogP contribution in [0.5, 0.6) is 0 Å². The van der Waals surface area contributed by atoms with E-state index in [4.69, 9.17) is 0 Å². The van der Waals surface area contributed by atoms with Crippen LogP contribution in [0.25, 0.3) is 11.3 Å². The van der Waals surface area contributed by atoms with Crippen LogP contribution in [0.15, 0.2) is 35.7 Å². The second-order valence-corrected chi connectivity index (χ2v) is 6.59. The van der Waals surface area contributed by atoms with Gasteiger partial charge in [0.25, 0.3) is 0 Å². The molecular weight excluding hydrogens is 312 g/mol. The van der Waals surface area contributed by atoms with Crippen molar-refractivity contribution in [2.45, 2.75) is 25.7 Å².